The summed E-state index contributed by atoms with van der Waals surface area (Å²) in [6.45, 7) is 1.58. The fraction of sp³-hybridized carbons (Fsp3) is 0.167. The van der Waals surface area contributed by atoms with E-state index in [0.29, 0.717) is 21.9 Å². The first kappa shape index (κ1) is 25.5. The molecule has 0 aliphatic carbocycles. The second-order valence-corrected chi connectivity index (χ2v) is 9.00. The van der Waals surface area contributed by atoms with Crippen LogP contribution in [-0.4, -0.2) is 24.2 Å². The van der Waals surface area contributed by atoms with Crippen molar-refractivity contribution in [3.8, 4) is 5.75 Å². The van der Waals surface area contributed by atoms with Gasteiger partial charge in [-0.1, -0.05) is 17.7 Å². The predicted octanol–water partition coefficient (Wildman–Crippen LogP) is 6.74. The summed E-state index contributed by atoms with van der Waals surface area (Å²) in [6, 6.07) is 16.6. The molecule has 0 saturated carbocycles. The third-order valence-corrected chi connectivity index (χ3v) is 6.00. The summed E-state index contributed by atoms with van der Waals surface area (Å²) in [6.07, 6.45) is -4.67. The Bertz CT molecular complexity index is 1190. The van der Waals surface area contributed by atoms with Gasteiger partial charge in [-0.3, -0.25) is 9.59 Å². The molecule has 3 aromatic rings. The third-order valence-electron chi connectivity index (χ3n) is 4.67. The molecule has 1 atom stereocenters. The Morgan fingerprint density at radius 3 is 2.35 bits per heavy atom. The zero-order chi connectivity index (χ0) is 24.9. The van der Waals surface area contributed by atoms with Crippen molar-refractivity contribution in [1.82, 2.24) is 0 Å². The molecule has 34 heavy (non-hydrogen) atoms. The zero-order valence-corrected chi connectivity index (χ0v) is 19.6. The van der Waals surface area contributed by atoms with Gasteiger partial charge in [0.05, 0.1) is 23.6 Å². The summed E-state index contributed by atoms with van der Waals surface area (Å²) < 4.78 is 44.9. The topological polar surface area (TPSA) is 67.4 Å². The molecule has 0 aliphatic heterocycles. The van der Waals surface area contributed by atoms with Crippen LogP contribution in [0, 0.1) is 0 Å². The number of methoxy groups -OCH3 is 1. The maximum atomic E-state index is 13.3. The number of carbonyl (C=O) groups excluding carboxylic acids is 2. The van der Waals surface area contributed by atoms with E-state index in [4.69, 9.17) is 16.3 Å². The van der Waals surface area contributed by atoms with E-state index in [1.807, 2.05) is 0 Å². The Labute approximate surface area is 203 Å². The molecule has 2 amide bonds. The molecule has 0 fully saturated rings. The van der Waals surface area contributed by atoms with Crippen LogP contribution in [-0.2, 0) is 11.0 Å². The van der Waals surface area contributed by atoms with E-state index in [2.05, 4.69) is 10.6 Å². The van der Waals surface area contributed by atoms with Crippen molar-refractivity contribution in [2.24, 2.45) is 0 Å². The van der Waals surface area contributed by atoms with Gasteiger partial charge in [-0.15, -0.1) is 11.8 Å². The van der Waals surface area contributed by atoms with Crippen molar-refractivity contribution in [2.75, 3.05) is 17.7 Å². The minimum atomic E-state index is -4.67. The molecule has 2 N–H and O–H groups in total. The highest BCUT2D eigenvalue weighted by atomic mass is 35.5. The average molecular weight is 509 g/mol. The number of hydrogen-bond donors (Lipinski definition) is 2. The molecule has 5 nitrogen and oxygen atoms in total. The molecule has 3 aromatic carbocycles. The van der Waals surface area contributed by atoms with Crippen LogP contribution < -0.4 is 15.4 Å². The van der Waals surface area contributed by atoms with Crippen LogP contribution in [0.3, 0.4) is 0 Å². The monoisotopic (exact) mass is 508 g/mol. The molecule has 1 unspecified atom stereocenters. The molecule has 0 heterocycles. The maximum absolute atomic E-state index is 13.3. The van der Waals surface area contributed by atoms with Crippen molar-refractivity contribution >= 4 is 46.6 Å². The molecule has 0 radical (unpaired) electrons. The van der Waals surface area contributed by atoms with Gasteiger partial charge in [0.15, 0.2) is 0 Å². The van der Waals surface area contributed by atoms with Gasteiger partial charge in [-0.2, -0.15) is 13.2 Å². The maximum Gasteiger partial charge on any atom is 0.418 e. The van der Waals surface area contributed by atoms with Gasteiger partial charge in [-0.25, -0.2) is 0 Å². The largest absolute Gasteiger partial charge is 0.497 e. The fourth-order valence-electron chi connectivity index (χ4n) is 2.94. The lowest BCUT2D eigenvalue weighted by molar-refractivity contribution is -0.137. The Morgan fingerprint density at radius 1 is 1.00 bits per heavy atom. The lowest BCUT2D eigenvalue weighted by atomic mass is 10.1. The van der Waals surface area contributed by atoms with Gasteiger partial charge < -0.3 is 15.4 Å². The molecule has 0 bridgehead atoms. The van der Waals surface area contributed by atoms with Gasteiger partial charge in [-0.05, 0) is 67.6 Å². The van der Waals surface area contributed by atoms with E-state index in [1.54, 1.807) is 55.5 Å². The van der Waals surface area contributed by atoms with Gasteiger partial charge in [0, 0.05) is 21.2 Å². The van der Waals surface area contributed by atoms with Crippen LogP contribution in [0.25, 0.3) is 0 Å². The summed E-state index contributed by atoms with van der Waals surface area (Å²) in [5, 5.41) is 4.30. The number of alkyl halides is 3. The number of thioether (sulfide) groups is 1. The minimum Gasteiger partial charge on any atom is -0.497 e. The second kappa shape index (κ2) is 10.8. The molecule has 10 heteroatoms. The minimum absolute atomic E-state index is 0.0822. The van der Waals surface area contributed by atoms with E-state index in [0.717, 1.165) is 23.9 Å². The summed E-state index contributed by atoms with van der Waals surface area (Å²) in [5.41, 5.74) is -0.436. The lowest BCUT2D eigenvalue weighted by Crippen LogP contribution is -2.24. The van der Waals surface area contributed by atoms with Crippen LogP contribution in [0.2, 0.25) is 5.02 Å². The van der Waals surface area contributed by atoms with Gasteiger partial charge >= 0.3 is 6.18 Å². The van der Waals surface area contributed by atoms with Crippen molar-refractivity contribution in [1.29, 1.82) is 0 Å². The Morgan fingerprint density at radius 2 is 1.71 bits per heavy atom. The molecule has 3 rings (SSSR count). The summed E-state index contributed by atoms with van der Waals surface area (Å²) in [5.74, 6) is -0.299. The molecular formula is C24H20ClF3N2O3S. The standard InChI is InChI=1S/C24H20ClF3N2O3S/c1-14(22(31)30-21-11-8-16(25)12-20(21)24(26,27)28)34-19-5-3-4-17(13-19)29-23(32)15-6-9-18(33-2)10-7-15/h3-14H,1-2H3,(H,29,32)(H,30,31). The highest BCUT2D eigenvalue weighted by Crippen LogP contribution is 2.37. The molecular weight excluding hydrogens is 489 g/mol. The number of benzene rings is 3. The average Bonchev–Trinajstić information content (AvgIpc) is 2.79. The number of carbonyl (C=O) groups is 2. The molecule has 0 spiro atoms. The van der Waals surface area contributed by atoms with Crippen molar-refractivity contribution in [2.45, 2.75) is 23.2 Å². The molecule has 0 aromatic heterocycles. The lowest BCUT2D eigenvalue weighted by Gasteiger charge is -2.17. The van der Waals surface area contributed by atoms with E-state index in [1.165, 1.54) is 13.2 Å². The van der Waals surface area contributed by atoms with Crippen molar-refractivity contribution in [3.63, 3.8) is 0 Å². The normalized spacial score (nSPS) is 12.1. The Kier molecular flexibility index (Phi) is 8.11. The highest BCUT2D eigenvalue weighted by molar-refractivity contribution is 8.00. The highest BCUT2D eigenvalue weighted by Gasteiger charge is 2.34. The second-order valence-electron chi connectivity index (χ2n) is 7.15. The van der Waals surface area contributed by atoms with E-state index >= 15 is 0 Å². The number of amides is 2. The first-order chi connectivity index (χ1) is 16.1. The number of ether oxygens (including phenoxy) is 1. The van der Waals surface area contributed by atoms with Crippen LogP contribution >= 0.6 is 23.4 Å². The number of halogens is 4. The molecule has 0 saturated heterocycles. The van der Waals surface area contributed by atoms with Crippen LogP contribution in [0.1, 0.15) is 22.8 Å². The zero-order valence-electron chi connectivity index (χ0n) is 18.1. The van der Waals surface area contributed by atoms with E-state index in [9.17, 15) is 22.8 Å². The Balaban J connectivity index is 1.66. The van der Waals surface area contributed by atoms with Crippen molar-refractivity contribution in [3.05, 3.63) is 82.9 Å². The first-order valence-corrected chi connectivity index (χ1v) is 11.2. The van der Waals surface area contributed by atoms with Gasteiger partial charge in [0.25, 0.3) is 5.91 Å². The SMILES string of the molecule is COc1ccc(C(=O)Nc2cccc(SC(C)C(=O)Nc3ccc(Cl)cc3C(F)(F)F)c2)cc1. The Hall–Kier alpha value is -3.17. The first-order valence-electron chi connectivity index (χ1n) is 9.96. The molecule has 178 valence electrons. The van der Waals surface area contributed by atoms with Gasteiger partial charge in [0.2, 0.25) is 5.91 Å². The predicted molar refractivity (Wildman–Crippen MR) is 128 cm³/mol. The quantitative estimate of drug-likeness (QED) is 0.347. The van der Waals surface area contributed by atoms with Crippen LogP contribution in [0.5, 0.6) is 5.75 Å². The van der Waals surface area contributed by atoms with Gasteiger partial charge in [0.1, 0.15) is 5.75 Å². The number of rotatable bonds is 7. The summed E-state index contributed by atoms with van der Waals surface area (Å²) >= 11 is 6.82. The smallest absolute Gasteiger partial charge is 0.418 e. The van der Waals surface area contributed by atoms with Crippen molar-refractivity contribution < 1.29 is 27.5 Å². The van der Waals surface area contributed by atoms with Crippen LogP contribution in [0.15, 0.2) is 71.6 Å². The number of hydrogen-bond acceptors (Lipinski definition) is 4. The van der Waals surface area contributed by atoms with E-state index in [-0.39, 0.29) is 16.6 Å². The third kappa shape index (κ3) is 6.68. The number of nitrogens with one attached hydrogen (secondary N) is 2. The number of anilines is 2. The summed E-state index contributed by atoms with van der Waals surface area (Å²) in [4.78, 5) is 25.7. The fourth-order valence-corrected chi connectivity index (χ4v) is 4.04. The van der Waals surface area contributed by atoms with Crippen LogP contribution in [0.4, 0.5) is 24.5 Å². The van der Waals surface area contributed by atoms with E-state index < -0.39 is 22.9 Å². The summed E-state index contributed by atoms with van der Waals surface area (Å²) in [7, 11) is 1.53. The molecule has 0 aliphatic rings.